The number of carbonyl (C=O) groups excluding carboxylic acids is 2. The molecular weight excluding hydrogens is 607 g/mol. The third-order valence-corrected chi connectivity index (χ3v) is 8.57. The lowest BCUT2D eigenvalue weighted by Gasteiger charge is -2.33. The predicted octanol–water partition coefficient (Wildman–Crippen LogP) is 5.89. The maximum absolute atomic E-state index is 14.1. The van der Waals surface area contributed by atoms with Crippen LogP contribution in [0.2, 0.25) is 5.02 Å². The van der Waals surface area contributed by atoms with E-state index in [9.17, 15) is 31.2 Å². The summed E-state index contributed by atoms with van der Waals surface area (Å²) in [7, 11) is -3.09. The standard InChI is InChI=1S/C30H33ClF3N3O5S/c1-5-27(29(39)35-20(2)3)36(18-21-10-9-11-23(16-21)42-4)28(38)19-37(43(40,41)24-12-7-6-8-13-24)22-14-15-26(31)25(17-22)30(32,33)34/h6-17,20,27H,5,18-19H2,1-4H3,(H,35,39). The van der Waals surface area contributed by atoms with Gasteiger partial charge in [-0.25, -0.2) is 8.42 Å². The summed E-state index contributed by atoms with van der Waals surface area (Å²) in [6.07, 6.45) is -4.71. The number of rotatable bonds is 12. The van der Waals surface area contributed by atoms with Crippen LogP contribution in [0.3, 0.4) is 0 Å². The molecule has 0 fully saturated rings. The Morgan fingerprint density at radius 2 is 1.67 bits per heavy atom. The number of hydrogen-bond donors (Lipinski definition) is 1. The molecule has 3 aromatic carbocycles. The minimum atomic E-state index is -4.89. The quantitative estimate of drug-likeness (QED) is 0.267. The lowest BCUT2D eigenvalue weighted by atomic mass is 10.1. The second-order valence-corrected chi connectivity index (χ2v) is 12.2. The lowest BCUT2D eigenvalue weighted by molar-refractivity contribution is -0.140. The van der Waals surface area contributed by atoms with Gasteiger partial charge in [-0.3, -0.25) is 13.9 Å². The van der Waals surface area contributed by atoms with Crippen molar-refractivity contribution in [2.75, 3.05) is 18.0 Å². The molecule has 3 rings (SSSR count). The SMILES string of the molecule is CCC(C(=O)NC(C)C)N(Cc1cccc(OC)c1)C(=O)CN(c1ccc(Cl)c(C(F)(F)F)c1)S(=O)(=O)c1ccccc1. The third kappa shape index (κ3) is 8.41. The Labute approximate surface area is 254 Å². The van der Waals surface area contributed by atoms with Crippen molar-refractivity contribution in [2.45, 2.75) is 56.9 Å². The Bertz CT molecular complexity index is 1540. The molecule has 0 spiro atoms. The molecule has 8 nitrogen and oxygen atoms in total. The number of ether oxygens (including phenoxy) is 1. The summed E-state index contributed by atoms with van der Waals surface area (Å²) in [6, 6.07) is 15.1. The van der Waals surface area contributed by atoms with E-state index in [0.29, 0.717) is 21.7 Å². The largest absolute Gasteiger partial charge is 0.497 e. The van der Waals surface area contributed by atoms with E-state index in [4.69, 9.17) is 16.3 Å². The molecule has 1 atom stereocenters. The van der Waals surface area contributed by atoms with Crippen LogP contribution in [-0.2, 0) is 32.3 Å². The van der Waals surface area contributed by atoms with E-state index in [1.54, 1.807) is 51.1 Å². The summed E-state index contributed by atoms with van der Waals surface area (Å²) in [5.74, 6) is -0.771. The lowest BCUT2D eigenvalue weighted by Crippen LogP contribution is -2.53. The highest BCUT2D eigenvalue weighted by molar-refractivity contribution is 7.92. The van der Waals surface area contributed by atoms with Crippen LogP contribution in [0.25, 0.3) is 0 Å². The Hall–Kier alpha value is -3.77. The number of amides is 2. The molecule has 0 heterocycles. The monoisotopic (exact) mass is 639 g/mol. The van der Waals surface area contributed by atoms with Gasteiger partial charge in [0.2, 0.25) is 11.8 Å². The number of nitrogens with one attached hydrogen (secondary N) is 1. The molecule has 1 N–H and O–H groups in total. The van der Waals surface area contributed by atoms with E-state index < -0.39 is 56.9 Å². The van der Waals surface area contributed by atoms with Gasteiger partial charge < -0.3 is 15.0 Å². The van der Waals surface area contributed by atoms with Gasteiger partial charge in [0, 0.05) is 12.6 Å². The molecule has 0 saturated carbocycles. The number of nitrogens with zero attached hydrogens (tertiary/aromatic N) is 2. The van der Waals surface area contributed by atoms with Gasteiger partial charge in [-0.2, -0.15) is 13.2 Å². The molecule has 0 aliphatic carbocycles. The summed E-state index contributed by atoms with van der Waals surface area (Å²) >= 11 is 5.81. The number of alkyl halides is 3. The van der Waals surface area contributed by atoms with Crippen molar-refractivity contribution < 1.29 is 35.9 Å². The Morgan fingerprint density at radius 1 is 1.00 bits per heavy atom. The fourth-order valence-electron chi connectivity index (χ4n) is 4.40. The van der Waals surface area contributed by atoms with Crippen LogP contribution in [-0.4, -0.2) is 50.9 Å². The van der Waals surface area contributed by atoms with Crippen molar-refractivity contribution in [2.24, 2.45) is 0 Å². The van der Waals surface area contributed by atoms with Crippen LogP contribution in [0, 0.1) is 0 Å². The molecular formula is C30H33ClF3N3O5S. The molecule has 3 aromatic rings. The minimum absolute atomic E-state index is 0.103. The second-order valence-electron chi connectivity index (χ2n) is 9.95. The van der Waals surface area contributed by atoms with Crippen molar-refractivity contribution >= 4 is 39.1 Å². The van der Waals surface area contributed by atoms with Gasteiger partial charge in [0.1, 0.15) is 18.3 Å². The molecule has 0 aromatic heterocycles. The number of methoxy groups -OCH3 is 1. The zero-order valence-electron chi connectivity index (χ0n) is 24.1. The molecule has 0 aliphatic rings. The van der Waals surface area contributed by atoms with Crippen molar-refractivity contribution in [3.63, 3.8) is 0 Å². The molecule has 13 heteroatoms. The van der Waals surface area contributed by atoms with E-state index in [1.807, 2.05) is 0 Å². The van der Waals surface area contributed by atoms with Gasteiger partial charge in [-0.15, -0.1) is 0 Å². The average molecular weight is 640 g/mol. The number of carbonyl (C=O) groups is 2. The van der Waals surface area contributed by atoms with Gasteiger partial charge in [0.05, 0.1) is 28.3 Å². The number of benzene rings is 3. The fraction of sp³-hybridized carbons (Fsp3) is 0.333. The van der Waals surface area contributed by atoms with E-state index in [-0.39, 0.29) is 23.9 Å². The molecule has 2 amide bonds. The summed E-state index contributed by atoms with van der Waals surface area (Å²) in [5.41, 5.74) is -1.09. The highest BCUT2D eigenvalue weighted by Gasteiger charge is 2.37. The van der Waals surface area contributed by atoms with E-state index in [2.05, 4.69) is 5.32 Å². The van der Waals surface area contributed by atoms with Crippen LogP contribution in [0.4, 0.5) is 18.9 Å². The average Bonchev–Trinajstić information content (AvgIpc) is 2.95. The van der Waals surface area contributed by atoms with Crippen molar-refractivity contribution in [3.8, 4) is 5.75 Å². The van der Waals surface area contributed by atoms with Gasteiger partial charge >= 0.3 is 6.18 Å². The van der Waals surface area contributed by atoms with E-state index in [0.717, 1.165) is 12.1 Å². The first-order chi connectivity index (χ1) is 20.2. The zero-order valence-corrected chi connectivity index (χ0v) is 25.6. The van der Waals surface area contributed by atoms with Crippen LogP contribution < -0.4 is 14.4 Å². The first kappa shape index (κ1) is 33.7. The molecule has 43 heavy (non-hydrogen) atoms. The summed E-state index contributed by atoms with van der Waals surface area (Å²) in [5, 5.41) is 2.15. The first-order valence-electron chi connectivity index (χ1n) is 13.4. The molecule has 0 saturated heterocycles. The fourth-order valence-corrected chi connectivity index (χ4v) is 6.05. The first-order valence-corrected chi connectivity index (χ1v) is 15.2. The van der Waals surface area contributed by atoms with Gasteiger partial charge in [-0.1, -0.05) is 48.9 Å². The van der Waals surface area contributed by atoms with Crippen LogP contribution in [0.5, 0.6) is 5.75 Å². The number of sulfonamides is 1. The van der Waals surface area contributed by atoms with Crippen molar-refractivity contribution in [1.29, 1.82) is 0 Å². The third-order valence-electron chi connectivity index (χ3n) is 6.46. The zero-order chi connectivity index (χ0) is 31.9. The summed E-state index contributed by atoms with van der Waals surface area (Å²) < 4.78 is 74.9. The summed E-state index contributed by atoms with van der Waals surface area (Å²) in [4.78, 5) is 28.3. The number of hydrogen-bond acceptors (Lipinski definition) is 5. The molecule has 1 unspecified atom stereocenters. The van der Waals surface area contributed by atoms with Gasteiger partial charge in [-0.05, 0) is 68.3 Å². The van der Waals surface area contributed by atoms with Crippen LogP contribution >= 0.6 is 11.6 Å². The van der Waals surface area contributed by atoms with Gasteiger partial charge in [0.15, 0.2) is 0 Å². The van der Waals surface area contributed by atoms with E-state index >= 15 is 0 Å². The maximum Gasteiger partial charge on any atom is 0.417 e. The van der Waals surface area contributed by atoms with Crippen molar-refractivity contribution in [1.82, 2.24) is 10.2 Å². The number of anilines is 1. The summed E-state index contributed by atoms with van der Waals surface area (Å²) in [6.45, 7) is 4.21. The normalized spacial score (nSPS) is 12.5. The highest BCUT2D eigenvalue weighted by atomic mass is 35.5. The Kier molecular flexibility index (Phi) is 11.1. The van der Waals surface area contributed by atoms with Crippen LogP contribution in [0.1, 0.15) is 38.3 Å². The maximum atomic E-state index is 14.1. The molecule has 0 aliphatic heterocycles. The smallest absolute Gasteiger partial charge is 0.417 e. The topological polar surface area (TPSA) is 96.0 Å². The number of halogens is 4. The second kappa shape index (κ2) is 14.1. The Morgan fingerprint density at radius 3 is 2.26 bits per heavy atom. The van der Waals surface area contributed by atoms with E-state index in [1.165, 1.54) is 36.3 Å². The minimum Gasteiger partial charge on any atom is -0.497 e. The molecule has 0 radical (unpaired) electrons. The van der Waals surface area contributed by atoms with Crippen molar-refractivity contribution in [3.05, 3.63) is 88.9 Å². The van der Waals surface area contributed by atoms with Crippen LogP contribution in [0.15, 0.2) is 77.7 Å². The molecule has 232 valence electrons. The highest BCUT2D eigenvalue weighted by Crippen LogP contribution is 2.38. The molecule has 0 bridgehead atoms. The Balaban J connectivity index is 2.15. The van der Waals surface area contributed by atoms with Gasteiger partial charge in [0.25, 0.3) is 10.0 Å². The predicted molar refractivity (Wildman–Crippen MR) is 158 cm³/mol.